The molecule has 1 aliphatic carbocycles. The van der Waals surface area contributed by atoms with Crippen LogP contribution in [-0.4, -0.2) is 26.7 Å². The standard InChI is InChI=1S/C14H23N5O.2ClH/c1-9(14-18-17-12-6-3-7-19(12)14)16-13(20)8-10-4-2-5-11(10)15;;/h9-11H,2-8,15H2,1H3,(H,16,20);2*1H/t9?,10-,11+;;/m0../s1. The number of rotatable bonds is 4. The molecular formula is C14H25Cl2N5O. The molecule has 6 nitrogen and oxygen atoms in total. The Bertz CT molecular complexity index is 507. The molecule has 0 spiro atoms. The first-order valence-electron chi connectivity index (χ1n) is 7.62. The van der Waals surface area contributed by atoms with E-state index in [0.717, 1.165) is 50.3 Å². The fourth-order valence-electron chi connectivity index (χ4n) is 3.42. The van der Waals surface area contributed by atoms with Crippen LogP contribution in [0.1, 0.15) is 56.7 Å². The molecule has 0 radical (unpaired) electrons. The second-order valence-electron chi connectivity index (χ2n) is 6.08. The number of hydrogen-bond donors (Lipinski definition) is 2. The van der Waals surface area contributed by atoms with Gasteiger partial charge in [-0.05, 0) is 32.1 Å². The minimum atomic E-state index is -0.0838. The predicted molar refractivity (Wildman–Crippen MR) is 89.3 cm³/mol. The fourth-order valence-corrected chi connectivity index (χ4v) is 3.42. The third kappa shape index (κ3) is 3.91. The van der Waals surface area contributed by atoms with Crippen LogP contribution in [0.3, 0.4) is 0 Å². The van der Waals surface area contributed by atoms with Gasteiger partial charge in [0.05, 0.1) is 6.04 Å². The fraction of sp³-hybridized carbons (Fsp3) is 0.786. The van der Waals surface area contributed by atoms with Crippen molar-refractivity contribution in [3.63, 3.8) is 0 Å². The number of nitrogens with one attached hydrogen (secondary N) is 1. The number of carbonyl (C=O) groups excluding carboxylic acids is 1. The number of amides is 1. The Hall–Kier alpha value is -0.850. The van der Waals surface area contributed by atoms with Crippen LogP contribution in [0.15, 0.2) is 0 Å². The molecule has 22 heavy (non-hydrogen) atoms. The van der Waals surface area contributed by atoms with Crippen LogP contribution < -0.4 is 11.1 Å². The molecule has 1 unspecified atom stereocenters. The molecule has 3 N–H and O–H groups in total. The molecule has 2 heterocycles. The lowest BCUT2D eigenvalue weighted by Crippen LogP contribution is -2.33. The Morgan fingerprint density at radius 3 is 2.82 bits per heavy atom. The second-order valence-corrected chi connectivity index (χ2v) is 6.08. The first-order valence-corrected chi connectivity index (χ1v) is 7.62. The molecule has 0 bridgehead atoms. The third-order valence-electron chi connectivity index (χ3n) is 4.57. The topological polar surface area (TPSA) is 85.8 Å². The van der Waals surface area contributed by atoms with Gasteiger partial charge in [0.25, 0.3) is 0 Å². The van der Waals surface area contributed by atoms with Gasteiger partial charge in [-0.2, -0.15) is 0 Å². The lowest BCUT2D eigenvalue weighted by molar-refractivity contribution is -0.122. The maximum Gasteiger partial charge on any atom is 0.220 e. The van der Waals surface area contributed by atoms with E-state index in [2.05, 4.69) is 20.1 Å². The first kappa shape index (κ1) is 19.2. The van der Waals surface area contributed by atoms with Crippen LogP contribution in [0.5, 0.6) is 0 Å². The van der Waals surface area contributed by atoms with E-state index in [1.165, 1.54) is 0 Å². The molecule has 1 aromatic rings. The minimum Gasteiger partial charge on any atom is -0.346 e. The molecule has 1 aliphatic heterocycles. The van der Waals surface area contributed by atoms with E-state index in [1.807, 2.05) is 6.92 Å². The molecule has 0 saturated heterocycles. The van der Waals surface area contributed by atoms with Crippen molar-refractivity contribution in [1.29, 1.82) is 0 Å². The molecule has 2 aliphatic rings. The van der Waals surface area contributed by atoms with Crippen LogP contribution in [0, 0.1) is 5.92 Å². The third-order valence-corrected chi connectivity index (χ3v) is 4.57. The average molecular weight is 350 g/mol. The summed E-state index contributed by atoms with van der Waals surface area (Å²) in [5.74, 6) is 2.34. The van der Waals surface area contributed by atoms with Gasteiger partial charge in [0.2, 0.25) is 5.91 Å². The van der Waals surface area contributed by atoms with Gasteiger partial charge < -0.3 is 15.6 Å². The monoisotopic (exact) mass is 349 g/mol. The van der Waals surface area contributed by atoms with Crippen LogP contribution in [0.25, 0.3) is 0 Å². The summed E-state index contributed by atoms with van der Waals surface area (Å²) in [7, 11) is 0. The van der Waals surface area contributed by atoms with Crippen molar-refractivity contribution in [2.24, 2.45) is 11.7 Å². The highest BCUT2D eigenvalue weighted by Gasteiger charge is 2.27. The van der Waals surface area contributed by atoms with Crippen LogP contribution >= 0.6 is 24.8 Å². The van der Waals surface area contributed by atoms with Gasteiger partial charge in [-0.15, -0.1) is 35.0 Å². The lowest BCUT2D eigenvalue weighted by atomic mass is 10.00. The Labute approximate surface area is 143 Å². The van der Waals surface area contributed by atoms with E-state index in [-0.39, 0.29) is 42.8 Å². The van der Waals surface area contributed by atoms with Crippen molar-refractivity contribution in [3.8, 4) is 0 Å². The number of nitrogens with two attached hydrogens (primary N) is 1. The highest BCUT2D eigenvalue weighted by Crippen LogP contribution is 2.27. The number of hydrogen-bond acceptors (Lipinski definition) is 4. The van der Waals surface area contributed by atoms with Crippen molar-refractivity contribution >= 4 is 30.7 Å². The molecule has 8 heteroatoms. The van der Waals surface area contributed by atoms with Crippen molar-refractivity contribution < 1.29 is 4.79 Å². The Balaban J connectivity index is 0.00000121. The van der Waals surface area contributed by atoms with Crippen molar-refractivity contribution in [2.75, 3.05) is 0 Å². The number of nitrogens with zero attached hydrogens (tertiary/aromatic N) is 3. The molecule has 1 fully saturated rings. The number of halogens is 2. The van der Waals surface area contributed by atoms with E-state index < -0.39 is 0 Å². The smallest absolute Gasteiger partial charge is 0.220 e. The molecule has 3 atom stereocenters. The van der Waals surface area contributed by atoms with Crippen LogP contribution in [-0.2, 0) is 17.8 Å². The van der Waals surface area contributed by atoms with E-state index in [9.17, 15) is 4.79 Å². The molecule has 126 valence electrons. The highest BCUT2D eigenvalue weighted by atomic mass is 35.5. The van der Waals surface area contributed by atoms with Gasteiger partial charge >= 0.3 is 0 Å². The van der Waals surface area contributed by atoms with Crippen LogP contribution in [0.4, 0.5) is 0 Å². The number of carbonyl (C=O) groups is 1. The predicted octanol–water partition coefficient (Wildman–Crippen LogP) is 1.76. The zero-order valence-corrected chi connectivity index (χ0v) is 14.5. The molecule has 3 rings (SSSR count). The normalized spacial score (nSPS) is 24.1. The summed E-state index contributed by atoms with van der Waals surface area (Å²) in [5, 5.41) is 11.4. The quantitative estimate of drug-likeness (QED) is 0.867. The number of aryl methyl sites for hydroxylation is 1. The van der Waals surface area contributed by atoms with Gasteiger partial charge in [-0.25, -0.2) is 0 Å². The summed E-state index contributed by atoms with van der Waals surface area (Å²) in [6, 6.07) is 0.105. The highest BCUT2D eigenvalue weighted by molar-refractivity contribution is 5.85. The Morgan fingerprint density at radius 2 is 2.14 bits per heavy atom. The van der Waals surface area contributed by atoms with Crippen molar-refractivity contribution in [1.82, 2.24) is 20.1 Å². The van der Waals surface area contributed by atoms with E-state index >= 15 is 0 Å². The van der Waals surface area contributed by atoms with E-state index in [4.69, 9.17) is 5.73 Å². The van der Waals surface area contributed by atoms with Gasteiger partial charge in [0, 0.05) is 25.4 Å². The largest absolute Gasteiger partial charge is 0.346 e. The average Bonchev–Trinajstić information content (AvgIpc) is 3.06. The van der Waals surface area contributed by atoms with Gasteiger partial charge in [-0.1, -0.05) is 6.42 Å². The summed E-state index contributed by atoms with van der Waals surface area (Å²) in [4.78, 5) is 12.1. The molecule has 1 saturated carbocycles. The summed E-state index contributed by atoms with van der Waals surface area (Å²) < 4.78 is 2.13. The molecule has 0 aromatic carbocycles. The Kier molecular flexibility index (Phi) is 7.09. The summed E-state index contributed by atoms with van der Waals surface area (Å²) >= 11 is 0. The van der Waals surface area contributed by atoms with Gasteiger partial charge in [0.15, 0.2) is 5.82 Å². The van der Waals surface area contributed by atoms with E-state index in [0.29, 0.717) is 12.3 Å². The zero-order chi connectivity index (χ0) is 14.1. The summed E-state index contributed by atoms with van der Waals surface area (Å²) in [6.45, 7) is 2.94. The zero-order valence-electron chi connectivity index (χ0n) is 12.8. The van der Waals surface area contributed by atoms with Crippen LogP contribution in [0.2, 0.25) is 0 Å². The lowest BCUT2D eigenvalue weighted by Gasteiger charge is -2.18. The van der Waals surface area contributed by atoms with E-state index in [1.54, 1.807) is 0 Å². The second kappa shape index (κ2) is 8.13. The molecule has 1 amide bonds. The molecular weight excluding hydrogens is 325 g/mol. The number of fused-ring (bicyclic) bond motifs is 1. The molecule has 1 aromatic heterocycles. The maximum atomic E-state index is 12.1. The minimum absolute atomic E-state index is 0. The van der Waals surface area contributed by atoms with Gasteiger partial charge in [-0.3, -0.25) is 4.79 Å². The first-order chi connectivity index (χ1) is 9.65. The van der Waals surface area contributed by atoms with Gasteiger partial charge in [0.1, 0.15) is 5.82 Å². The van der Waals surface area contributed by atoms with Crippen molar-refractivity contribution in [3.05, 3.63) is 11.6 Å². The maximum absolute atomic E-state index is 12.1. The Morgan fingerprint density at radius 1 is 1.36 bits per heavy atom. The summed E-state index contributed by atoms with van der Waals surface area (Å²) in [5.41, 5.74) is 6.02. The van der Waals surface area contributed by atoms with Crippen molar-refractivity contribution in [2.45, 2.75) is 64.1 Å². The summed E-state index contributed by atoms with van der Waals surface area (Å²) in [6.07, 6.45) is 5.91. The number of aromatic nitrogens is 3. The SMILES string of the molecule is CC(NC(=O)C[C@@H]1CCC[C@H]1N)c1nnc2n1CCC2.Cl.Cl.